The van der Waals surface area contributed by atoms with E-state index in [1.165, 1.54) is 54.2 Å². The van der Waals surface area contributed by atoms with E-state index in [0.29, 0.717) is 0 Å². The molecule has 218 valence electrons. The Labute approximate surface area is 275 Å². The van der Waals surface area contributed by atoms with Crippen LogP contribution in [0.4, 0.5) is 11.4 Å². The summed E-state index contributed by atoms with van der Waals surface area (Å²) in [5.74, 6) is 0. The summed E-state index contributed by atoms with van der Waals surface area (Å²) >= 11 is 0.194. The summed E-state index contributed by atoms with van der Waals surface area (Å²) in [6.45, 7) is 0. The first-order valence-electron chi connectivity index (χ1n) is 14.6. The van der Waals surface area contributed by atoms with Gasteiger partial charge in [0.05, 0.1) is 0 Å². The molecule has 5 heteroatoms. The fraction of sp³-hybridized carbons (Fsp3) is 0. The molecule has 0 bridgehead atoms. The zero-order valence-electron chi connectivity index (χ0n) is 23.9. The molecular weight excluding hydrogens is 635 g/mol. The molecule has 0 saturated carbocycles. The van der Waals surface area contributed by atoms with E-state index in [1.54, 1.807) is 0 Å². The summed E-state index contributed by atoms with van der Waals surface area (Å²) in [6, 6.07) is 43.3. The van der Waals surface area contributed by atoms with Gasteiger partial charge in [-0.2, -0.15) is 0 Å². The average molecular weight is 659 g/mol. The van der Waals surface area contributed by atoms with E-state index < -0.39 is 0 Å². The number of hydrogen-bond donors (Lipinski definition) is 0. The van der Waals surface area contributed by atoms with Crippen LogP contribution in [0, 0.1) is 0 Å². The van der Waals surface area contributed by atoms with Gasteiger partial charge in [0.25, 0.3) is 0 Å². The molecule has 0 aromatic heterocycles. The molecule has 2 aliphatic heterocycles. The van der Waals surface area contributed by atoms with Crippen molar-refractivity contribution in [2.24, 2.45) is 0 Å². The fourth-order valence-corrected chi connectivity index (χ4v) is 6.63. The van der Waals surface area contributed by atoms with Crippen molar-refractivity contribution < 1.29 is 13.1 Å². The Hall–Kier alpha value is -4.50. The number of hydrogen-bond acceptors (Lipinski definition) is 0. The Morgan fingerprint density at radius 1 is 0.400 bits per heavy atom. The fourth-order valence-electron chi connectivity index (χ4n) is 6.63. The van der Waals surface area contributed by atoms with Gasteiger partial charge in [0.15, 0.2) is 0 Å². The number of rotatable bonds is 2. The van der Waals surface area contributed by atoms with Crippen molar-refractivity contribution in [1.82, 2.24) is 0 Å². The minimum atomic E-state index is 0.194. The molecule has 0 spiro atoms. The van der Waals surface area contributed by atoms with Gasteiger partial charge in [-0.3, -0.25) is 0 Å². The SMILES string of the molecule is C1=C(c2c3ccccc3cc3ccccc23)[N-]c2c3c(ccc2=C1)=CC=C(c1c2ccccc2cc2ccccc12)[N-]3.[Cl][Fe][Cl]. The van der Waals surface area contributed by atoms with Crippen LogP contribution in [0.15, 0.2) is 133 Å². The molecule has 0 radical (unpaired) electrons. The van der Waals surface area contributed by atoms with Gasteiger partial charge in [0.1, 0.15) is 0 Å². The molecule has 2 heterocycles. The van der Waals surface area contributed by atoms with Crippen LogP contribution in [0.25, 0.3) is 77.3 Å². The number of benzene rings is 7. The van der Waals surface area contributed by atoms with Crippen molar-refractivity contribution in [1.29, 1.82) is 0 Å². The maximum absolute atomic E-state index is 5.37. The first kappa shape index (κ1) is 28.0. The van der Waals surface area contributed by atoms with E-state index in [-0.39, 0.29) is 13.1 Å². The molecular formula is C40H24Cl2FeN2-2. The number of fused-ring (bicyclic) bond motifs is 7. The Balaban J connectivity index is 0.000000966. The van der Waals surface area contributed by atoms with Crippen molar-refractivity contribution in [2.75, 3.05) is 0 Å². The van der Waals surface area contributed by atoms with E-state index in [0.717, 1.165) is 33.2 Å². The Kier molecular flexibility index (Phi) is 7.33. The monoisotopic (exact) mass is 658 g/mol. The van der Waals surface area contributed by atoms with Crippen LogP contribution in [-0.4, -0.2) is 0 Å². The average Bonchev–Trinajstić information content (AvgIpc) is 3.09. The molecule has 0 saturated heterocycles. The molecule has 0 atom stereocenters. The van der Waals surface area contributed by atoms with Crippen LogP contribution in [0.2, 0.25) is 0 Å². The van der Waals surface area contributed by atoms with Crippen LogP contribution in [-0.2, 0) is 13.1 Å². The minimum absolute atomic E-state index is 0.194. The number of allylic oxidation sites excluding steroid dienone is 2. The molecule has 0 amide bonds. The summed E-state index contributed by atoms with van der Waals surface area (Å²) in [6.07, 6.45) is 8.69. The summed E-state index contributed by atoms with van der Waals surface area (Å²) in [5, 5.41) is 22.6. The topological polar surface area (TPSA) is 28.2 Å². The van der Waals surface area contributed by atoms with E-state index in [1.807, 2.05) is 0 Å². The van der Waals surface area contributed by atoms with Crippen molar-refractivity contribution in [2.45, 2.75) is 0 Å². The Bertz CT molecular complexity index is 2220. The van der Waals surface area contributed by atoms with E-state index in [9.17, 15) is 0 Å². The Morgan fingerprint density at radius 3 is 1.04 bits per heavy atom. The molecule has 2 aliphatic rings. The molecule has 2 nitrogen and oxygen atoms in total. The zero-order valence-corrected chi connectivity index (χ0v) is 26.5. The third kappa shape index (κ3) is 4.90. The van der Waals surface area contributed by atoms with Crippen LogP contribution >= 0.6 is 20.2 Å². The summed E-state index contributed by atoms with van der Waals surface area (Å²) < 4.78 is 0. The third-order valence-electron chi connectivity index (χ3n) is 8.57. The zero-order chi connectivity index (χ0) is 30.3. The molecule has 0 N–H and O–H groups in total. The van der Waals surface area contributed by atoms with Crippen molar-refractivity contribution in [3.63, 3.8) is 0 Å². The first-order valence-corrected chi connectivity index (χ1v) is 17.6. The van der Waals surface area contributed by atoms with Gasteiger partial charge in [-0.1, -0.05) is 133 Å². The number of nitrogens with zero attached hydrogens (tertiary/aromatic N) is 2. The summed E-state index contributed by atoms with van der Waals surface area (Å²) in [5.41, 5.74) is 6.11. The normalized spacial score (nSPS) is 13.4. The summed E-state index contributed by atoms with van der Waals surface area (Å²) in [4.78, 5) is 0. The maximum atomic E-state index is 5.37. The first-order chi connectivity index (χ1) is 22.2. The second kappa shape index (κ2) is 11.8. The van der Waals surface area contributed by atoms with Crippen LogP contribution < -0.4 is 10.4 Å². The molecule has 0 fully saturated rings. The van der Waals surface area contributed by atoms with Crippen molar-refractivity contribution >= 4 is 98.2 Å². The van der Waals surface area contributed by atoms with Crippen LogP contribution in [0.1, 0.15) is 11.1 Å². The molecule has 7 aromatic carbocycles. The van der Waals surface area contributed by atoms with E-state index in [4.69, 9.17) is 30.8 Å². The van der Waals surface area contributed by atoms with Crippen molar-refractivity contribution in [3.8, 4) is 0 Å². The van der Waals surface area contributed by atoms with Crippen LogP contribution in [0.3, 0.4) is 0 Å². The molecule has 0 unspecified atom stereocenters. The second-order valence-corrected chi connectivity index (χ2v) is 12.9. The quantitative estimate of drug-likeness (QED) is 0.131. The predicted octanol–water partition coefficient (Wildman–Crippen LogP) is 11.4. The van der Waals surface area contributed by atoms with Gasteiger partial charge < -0.3 is 10.6 Å². The van der Waals surface area contributed by atoms with E-state index in [2.05, 4.69) is 146 Å². The van der Waals surface area contributed by atoms with E-state index >= 15 is 0 Å². The molecule has 45 heavy (non-hydrogen) atoms. The Morgan fingerprint density at radius 2 is 0.711 bits per heavy atom. The number of halogens is 2. The van der Waals surface area contributed by atoms with Crippen LogP contribution in [0.5, 0.6) is 0 Å². The predicted molar refractivity (Wildman–Crippen MR) is 191 cm³/mol. The van der Waals surface area contributed by atoms with Crippen molar-refractivity contribution in [3.05, 3.63) is 166 Å². The third-order valence-corrected chi connectivity index (χ3v) is 8.57. The standard InChI is InChI=1S/C40H24N2.2ClH.Fe/c1-5-13-31-27(9-1)23-28-10-2-6-14-32(28)37(31)35-21-19-25-17-18-26-20-22-36(42-40(26)39(25)41-35)38-33-15-7-3-11-29(33)24-30-12-4-8-16-34(30)38;;;/h1-24H;2*1H;/q-2;;;+2/p-2. The van der Waals surface area contributed by atoms with Gasteiger partial charge >= 0.3 is 33.3 Å². The molecule has 9 rings (SSSR count). The van der Waals surface area contributed by atoms with Gasteiger partial charge in [0.2, 0.25) is 0 Å². The van der Waals surface area contributed by atoms with Gasteiger partial charge in [-0.15, -0.1) is 22.8 Å². The van der Waals surface area contributed by atoms with Gasteiger partial charge in [-0.05, 0) is 76.8 Å². The molecule has 0 aliphatic carbocycles. The summed E-state index contributed by atoms with van der Waals surface area (Å²) in [7, 11) is 9.53. The van der Waals surface area contributed by atoms with Gasteiger partial charge in [0, 0.05) is 0 Å². The molecule has 7 aromatic rings. The second-order valence-electron chi connectivity index (χ2n) is 11.0. The van der Waals surface area contributed by atoms with Gasteiger partial charge in [-0.25, -0.2) is 0 Å².